The normalized spacial score (nSPS) is 12.6. The Balaban J connectivity index is 2.62. The lowest BCUT2D eigenvalue weighted by Crippen LogP contribution is -2.04. The van der Waals surface area contributed by atoms with Gasteiger partial charge in [-0.1, -0.05) is 50.1 Å². The standard InChI is InChI=1S/C18H20Br2/c1-10-6-7-15(16(19)8-10)18(20)17-13(4)11(2)9-12(3)14(17)5/h6-9,18H,1-5H3. The predicted molar refractivity (Wildman–Crippen MR) is 95.0 cm³/mol. The largest absolute Gasteiger partial charge is 0.0786 e. The third-order valence-corrected chi connectivity index (χ3v) is 5.74. The lowest BCUT2D eigenvalue weighted by Gasteiger charge is -2.21. The van der Waals surface area contributed by atoms with Crippen LogP contribution < -0.4 is 0 Å². The Morgan fingerprint density at radius 3 is 1.90 bits per heavy atom. The monoisotopic (exact) mass is 394 g/mol. The van der Waals surface area contributed by atoms with E-state index in [0.29, 0.717) is 0 Å². The van der Waals surface area contributed by atoms with Gasteiger partial charge in [-0.2, -0.15) is 0 Å². The minimum Gasteiger partial charge on any atom is -0.0786 e. The zero-order valence-corrected chi connectivity index (χ0v) is 15.8. The second-order valence-electron chi connectivity index (χ2n) is 5.56. The zero-order chi connectivity index (χ0) is 15.0. The number of benzene rings is 2. The van der Waals surface area contributed by atoms with E-state index in [1.165, 1.54) is 38.9 Å². The maximum absolute atomic E-state index is 3.91. The van der Waals surface area contributed by atoms with Crippen LogP contribution in [0.2, 0.25) is 0 Å². The van der Waals surface area contributed by atoms with E-state index in [0.717, 1.165) is 4.47 Å². The molecule has 0 aromatic heterocycles. The summed E-state index contributed by atoms with van der Waals surface area (Å²) in [5.74, 6) is 0. The minimum atomic E-state index is 0.219. The number of alkyl halides is 1. The van der Waals surface area contributed by atoms with Crippen molar-refractivity contribution in [1.82, 2.24) is 0 Å². The van der Waals surface area contributed by atoms with E-state index in [2.05, 4.69) is 90.7 Å². The molecule has 0 aliphatic carbocycles. The molecule has 2 aromatic rings. The van der Waals surface area contributed by atoms with Gasteiger partial charge in [-0.15, -0.1) is 0 Å². The van der Waals surface area contributed by atoms with Crippen LogP contribution in [0.15, 0.2) is 28.7 Å². The quantitative estimate of drug-likeness (QED) is 0.510. The van der Waals surface area contributed by atoms with Crippen molar-refractivity contribution in [2.45, 2.75) is 39.4 Å². The second-order valence-corrected chi connectivity index (χ2v) is 7.33. The van der Waals surface area contributed by atoms with Crippen LogP contribution in [0.5, 0.6) is 0 Å². The van der Waals surface area contributed by atoms with E-state index in [9.17, 15) is 0 Å². The van der Waals surface area contributed by atoms with Crippen molar-refractivity contribution in [3.63, 3.8) is 0 Å². The Bertz CT molecular complexity index is 631. The molecule has 2 heteroatoms. The molecule has 0 saturated carbocycles. The summed E-state index contributed by atoms with van der Waals surface area (Å²) < 4.78 is 1.16. The molecule has 20 heavy (non-hydrogen) atoms. The molecular weight excluding hydrogens is 376 g/mol. The summed E-state index contributed by atoms with van der Waals surface area (Å²) in [7, 11) is 0. The number of aryl methyl sites for hydroxylation is 3. The highest BCUT2D eigenvalue weighted by Crippen LogP contribution is 2.40. The van der Waals surface area contributed by atoms with Gasteiger partial charge in [-0.25, -0.2) is 0 Å². The third kappa shape index (κ3) is 2.87. The van der Waals surface area contributed by atoms with Crippen molar-refractivity contribution in [3.8, 4) is 0 Å². The Hall–Kier alpha value is -0.600. The molecule has 0 heterocycles. The summed E-state index contributed by atoms with van der Waals surface area (Å²) in [6.45, 7) is 10.9. The van der Waals surface area contributed by atoms with E-state index < -0.39 is 0 Å². The van der Waals surface area contributed by atoms with Crippen LogP contribution in [0, 0.1) is 34.6 Å². The number of halogens is 2. The number of hydrogen-bond acceptors (Lipinski definition) is 0. The van der Waals surface area contributed by atoms with Crippen molar-refractivity contribution >= 4 is 31.9 Å². The molecule has 106 valence electrons. The molecule has 0 saturated heterocycles. The van der Waals surface area contributed by atoms with Crippen LogP contribution in [-0.2, 0) is 0 Å². The maximum Gasteiger partial charge on any atom is 0.0660 e. The molecule has 0 aliphatic heterocycles. The van der Waals surface area contributed by atoms with E-state index in [1.54, 1.807) is 0 Å². The third-order valence-electron chi connectivity index (χ3n) is 4.11. The van der Waals surface area contributed by atoms with E-state index >= 15 is 0 Å². The van der Waals surface area contributed by atoms with Crippen LogP contribution in [0.1, 0.15) is 43.8 Å². The van der Waals surface area contributed by atoms with Crippen LogP contribution in [0.25, 0.3) is 0 Å². The molecule has 2 rings (SSSR count). The van der Waals surface area contributed by atoms with Crippen LogP contribution >= 0.6 is 31.9 Å². The molecule has 1 atom stereocenters. The Morgan fingerprint density at radius 1 is 0.850 bits per heavy atom. The van der Waals surface area contributed by atoms with Gasteiger partial charge in [-0.3, -0.25) is 0 Å². The molecule has 0 spiro atoms. The summed E-state index contributed by atoms with van der Waals surface area (Å²) in [6, 6.07) is 8.83. The van der Waals surface area contributed by atoms with Crippen LogP contribution in [0.4, 0.5) is 0 Å². The molecule has 0 aliphatic rings. The first-order valence-corrected chi connectivity index (χ1v) is 8.51. The van der Waals surface area contributed by atoms with Crippen molar-refractivity contribution in [2.24, 2.45) is 0 Å². The highest BCUT2D eigenvalue weighted by molar-refractivity contribution is 9.11. The first-order chi connectivity index (χ1) is 9.32. The SMILES string of the molecule is Cc1ccc(C(Br)c2c(C)c(C)cc(C)c2C)c(Br)c1. The van der Waals surface area contributed by atoms with Crippen molar-refractivity contribution in [1.29, 1.82) is 0 Å². The molecule has 2 aromatic carbocycles. The van der Waals surface area contributed by atoms with Crippen LogP contribution in [-0.4, -0.2) is 0 Å². The molecule has 0 nitrogen and oxygen atoms in total. The smallest absolute Gasteiger partial charge is 0.0660 e. The van der Waals surface area contributed by atoms with Gasteiger partial charge in [0.1, 0.15) is 0 Å². The summed E-state index contributed by atoms with van der Waals surface area (Å²) >= 11 is 7.61. The Kier molecular flexibility index (Phi) is 4.76. The molecule has 0 fully saturated rings. The summed E-state index contributed by atoms with van der Waals surface area (Å²) in [6.07, 6.45) is 0. The fraction of sp³-hybridized carbons (Fsp3) is 0.333. The summed E-state index contributed by atoms with van der Waals surface area (Å²) in [5.41, 5.74) is 9.42. The second kappa shape index (κ2) is 6.03. The van der Waals surface area contributed by atoms with E-state index in [4.69, 9.17) is 0 Å². The lowest BCUT2D eigenvalue weighted by molar-refractivity contribution is 1.07. The fourth-order valence-electron chi connectivity index (χ4n) is 2.62. The highest BCUT2D eigenvalue weighted by atomic mass is 79.9. The number of hydrogen-bond donors (Lipinski definition) is 0. The number of rotatable bonds is 2. The van der Waals surface area contributed by atoms with Gasteiger partial charge in [0.25, 0.3) is 0 Å². The predicted octanol–water partition coefficient (Wildman–Crippen LogP) is 6.48. The van der Waals surface area contributed by atoms with E-state index in [1.807, 2.05) is 0 Å². The maximum atomic E-state index is 3.91. The molecule has 0 amide bonds. The van der Waals surface area contributed by atoms with Crippen molar-refractivity contribution < 1.29 is 0 Å². The average Bonchev–Trinajstić information content (AvgIpc) is 2.36. The lowest BCUT2D eigenvalue weighted by atomic mass is 9.90. The molecular formula is C18H20Br2. The minimum absolute atomic E-state index is 0.219. The summed E-state index contributed by atoms with van der Waals surface area (Å²) in [5, 5.41) is 0. The first kappa shape index (κ1) is 15.8. The molecule has 1 unspecified atom stereocenters. The molecule has 0 radical (unpaired) electrons. The Labute approximate surface area is 138 Å². The topological polar surface area (TPSA) is 0 Å². The molecule has 0 bridgehead atoms. The van der Waals surface area contributed by atoms with Gasteiger partial charge < -0.3 is 0 Å². The van der Waals surface area contributed by atoms with Gasteiger partial charge in [0.15, 0.2) is 0 Å². The highest BCUT2D eigenvalue weighted by Gasteiger charge is 2.19. The summed E-state index contributed by atoms with van der Waals surface area (Å²) in [4.78, 5) is 0.219. The van der Waals surface area contributed by atoms with Gasteiger partial charge in [0.2, 0.25) is 0 Å². The van der Waals surface area contributed by atoms with Gasteiger partial charge >= 0.3 is 0 Å². The van der Waals surface area contributed by atoms with Gasteiger partial charge in [0.05, 0.1) is 4.83 Å². The fourth-order valence-corrected chi connectivity index (χ4v) is 4.74. The Morgan fingerprint density at radius 2 is 1.40 bits per heavy atom. The van der Waals surface area contributed by atoms with Crippen molar-refractivity contribution in [2.75, 3.05) is 0 Å². The van der Waals surface area contributed by atoms with E-state index in [-0.39, 0.29) is 4.83 Å². The zero-order valence-electron chi connectivity index (χ0n) is 12.6. The first-order valence-electron chi connectivity index (χ1n) is 6.80. The van der Waals surface area contributed by atoms with Gasteiger partial charge in [-0.05, 0) is 79.6 Å². The average molecular weight is 396 g/mol. The van der Waals surface area contributed by atoms with Crippen LogP contribution in [0.3, 0.4) is 0 Å². The van der Waals surface area contributed by atoms with Crippen molar-refractivity contribution in [3.05, 3.63) is 67.7 Å². The molecule has 0 N–H and O–H groups in total. The van der Waals surface area contributed by atoms with Gasteiger partial charge in [0, 0.05) is 4.47 Å².